The number of hydrogen-bond donors (Lipinski definition) is 3. The van der Waals surface area contributed by atoms with Gasteiger partial charge in [0.05, 0.1) is 18.8 Å². The summed E-state index contributed by atoms with van der Waals surface area (Å²) in [6, 6.07) is 15.0. The Balaban J connectivity index is 1.88. The van der Waals surface area contributed by atoms with Crippen LogP contribution in [0.3, 0.4) is 0 Å². The van der Waals surface area contributed by atoms with E-state index in [1.54, 1.807) is 6.07 Å². The molecule has 2 rings (SSSR count). The van der Waals surface area contributed by atoms with Crippen molar-refractivity contribution < 1.29 is 9.59 Å². The molecule has 0 heterocycles. The molecule has 0 aliphatic rings. The van der Waals surface area contributed by atoms with Crippen molar-refractivity contribution in [3.63, 3.8) is 0 Å². The second-order valence-electron chi connectivity index (χ2n) is 6.45. The molecule has 0 fully saturated rings. The lowest BCUT2D eigenvalue weighted by molar-refractivity contribution is -0.123. The number of halogens is 2. The van der Waals surface area contributed by atoms with Crippen LogP contribution in [0, 0.1) is 0 Å². The number of carbonyl (C=O) groups excluding carboxylic acids is 2. The van der Waals surface area contributed by atoms with Gasteiger partial charge >= 0.3 is 0 Å². The number of rotatable bonds is 9. The Labute approximate surface area is 179 Å². The molecule has 0 aliphatic heterocycles. The van der Waals surface area contributed by atoms with Crippen LogP contribution in [-0.2, 0) is 15.1 Å². The minimum absolute atomic E-state index is 0.0892. The van der Waals surface area contributed by atoms with Crippen molar-refractivity contribution >= 4 is 45.0 Å². The van der Waals surface area contributed by atoms with Crippen LogP contribution in [0.5, 0.6) is 0 Å². The first-order valence-electron chi connectivity index (χ1n) is 9.22. The summed E-state index contributed by atoms with van der Waals surface area (Å²) >= 11 is 9.36. The van der Waals surface area contributed by atoms with E-state index in [4.69, 9.17) is 11.6 Å². The second kappa shape index (κ2) is 10.6. The maximum absolute atomic E-state index is 12.2. The first-order chi connectivity index (χ1) is 13.4. The largest absolute Gasteiger partial charge is 0.346 e. The van der Waals surface area contributed by atoms with Crippen molar-refractivity contribution in [1.82, 2.24) is 10.6 Å². The predicted molar refractivity (Wildman–Crippen MR) is 117 cm³/mol. The maximum Gasteiger partial charge on any atom is 0.243 e. The Morgan fingerprint density at radius 1 is 0.964 bits per heavy atom. The summed E-state index contributed by atoms with van der Waals surface area (Å²) in [5.74, 6) is -0.516. The summed E-state index contributed by atoms with van der Waals surface area (Å²) in [4.78, 5) is 24.3. The quantitative estimate of drug-likeness (QED) is 0.511. The highest BCUT2D eigenvalue weighted by molar-refractivity contribution is 9.10. The average Bonchev–Trinajstić information content (AvgIpc) is 2.70. The van der Waals surface area contributed by atoms with E-state index in [2.05, 4.69) is 45.7 Å². The second-order valence-corrected chi connectivity index (χ2v) is 7.75. The molecule has 7 heteroatoms. The van der Waals surface area contributed by atoms with Crippen LogP contribution in [0.15, 0.2) is 53.0 Å². The first-order valence-corrected chi connectivity index (χ1v) is 10.4. The summed E-state index contributed by atoms with van der Waals surface area (Å²) < 4.78 is 0.787. The first kappa shape index (κ1) is 22.4. The highest BCUT2D eigenvalue weighted by Crippen LogP contribution is 2.29. The summed E-state index contributed by atoms with van der Waals surface area (Å²) in [6.45, 7) is 4.18. The number of benzene rings is 2. The molecular weight excluding hydrogens is 442 g/mol. The lowest BCUT2D eigenvalue weighted by Crippen LogP contribution is -2.47. The zero-order chi connectivity index (χ0) is 20.6. The standard InChI is InChI=1S/C21H25BrClN3O2/c1-3-21(4-2,15-9-11-16(23)12-10-15)25-14-19(27)24-13-20(28)26-18-8-6-5-7-17(18)22/h5-12,25H,3-4,13-14H2,1-2H3,(H,24,27)(H,26,28). The molecule has 2 aromatic rings. The zero-order valence-corrected chi connectivity index (χ0v) is 18.4. The molecule has 2 aromatic carbocycles. The molecule has 0 saturated carbocycles. The van der Waals surface area contributed by atoms with Gasteiger partial charge in [0, 0.05) is 15.0 Å². The monoisotopic (exact) mass is 465 g/mol. The van der Waals surface area contributed by atoms with Crippen LogP contribution in [0.1, 0.15) is 32.3 Å². The van der Waals surface area contributed by atoms with Gasteiger partial charge in [0.1, 0.15) is 0 Å². The number of para-hydroxylation sites is 1. The van der Waals surface area contributed by atoms with E-state index >= 15 is 0 Å². The molecular formula is C21H25BrClN3O2. The minimum Gasteiger partial charge on any atom is -0.346 e. The van der Waals surface area contributed by atoms with Gasteiger partial charge in [0.15, 0.2) is 0 Å². The smallest absolute Gasteiger partial charge is 0.243 e. The predicted octanol–water partition coefficient (Wildman–Crippen LogP) is 4.46. The van der Waals surface area contributed by atoms with Crippen molar-refractivity contribution in [1.29, 1.82) is 0 Å². The number of carbonyl (C=O) groups is 2. The number of hydrogen-bond acceptors (Lipinski definition) is 3. The molecule has 0 aromatic heterocycles. The van der Waals surface area contributed by atoms with E-state index < -0.39 is 0 Å². The molecule has 0 atom stereocenters. The normalized spacial score (nSPS) is 11.1. The SMILES string of the molecule is CCC(CC)(NCC(=O)NCC(=O)Nc1ccccc1Br)c1ccc(Cl)cc1. The van der Waals surface area contributed by atoms with Gasteiger partial charge in [-0.05, 0) is 58.6 Å². The summed E-state index contributed by atoms with van der Waals surface area (Å²) in [5, 5.41) is 9.45. The van der Waals surface area contributed by atoms with E-state index in [1.165, 1.54) is 0 Å². The van der Waals surface area contributed by atoms with E-state index in [0.717, 1.165) is 22.9 Å². The average molecular weight is 467 g/mol. The zero-order valence-electron chi connectivity index (χ0n) is 16.0. The maximum atomic E-state index is 12.2. The fourth-order valence-corrected chi connectivity index (χ4v) is 3.54. The van der Waals surface area contributed by atoms with Gasteiger partial charge in [-0.25, -0.2) is 0 Å². The molecule has 3 N–H and O–H groups in total. The molecule has 5 nitrogen and oxygen atoms in total. The van der Waals surface area contributed by atoms with E-state index in [9.17, 15) is 9.59 Å². The molecule has 28 heavy (non-hydrogen) atoms. The lowest BCUT2D eigenvalue weighted by Gasteiger charge is -2.33. The summed E-state index contributed by atoms with van der Waals surface area (Å²) in [5.41, 5.74) is 1.43. The Morgan fingerprint density at radius 3 is 2.21 bits per heavy atom. The molecule has 0 radical (unpaired) electrons. The third-order valence-electron chi connectivity index (χ3n) is 4.79. The van der Waals surface area contributed by atoms with Gasteiger partial charge in [-0.15, -0.1) is 0 Å². The molecule has 0 spiro atoms. The van der Waals surface area contributed by atoms with Crippen molar-refractivity contribution in [2.45, 2.75) is 32.2 Å². The van der Waals surface area contributed by atoms with E-state index in [0.29, 0.717) is 10.7 Å². The van der Waals surface area contributed by atoms with Gasteiger partial charge in [-0.3, -0.25) is 14.9 Å². The highest BCUT2D eigenvalue weighted by atomic mass is 79.9. The fraction of sp³-hybridized carbons (Fsp3) is 0.333. The van der Waals surface area contributed by atoms with Crippen LogP contribution in [0.2, 0.25) is 5.02 Å². The number of nitrogens with one attached hydrogen (secondary N) is 3. The van der Waals surface area contributed by atoms with Crippen LogP contribution in [0.4, 0.5) is 5.69 Å². The van der Waals surface area contributed by atoms with Gasteiger partial charge in [0.2, 0.25) is 11.8 Å². The van der Waals surface area contributed by atoms with Crippen molar-refractivity contribution in [3.05, 3.63) is 63.6 Å². The Kier molecular flexibility index (Phi) is 8.48. The minimum atomic E-state index is -0.320. The van der Waals surface area contributed by atoms with Crippen molar-refractivity contribution in [3.8, 4) is 0 Å². The van der Waals surface area contributed by atoms with Gasteiger partial charge < -0.3 is 10.6 Å². The van der Waals surface area contributed by atoms with Crippen molar-refractivity contribution in [2.24, 2.45) is 0 Å². The lowest BCUT2D eigenvalue weighted by atomic mass is 9.84. The molecule has 0 unspecified atom stereocenters. The topological polar surface area (TPSA) is 70.2 Å². The van der Waals surface area contributed by atoms with Gasteiger partial charge in [-0.2, -0.15) is 0 Å². The molecule has 0 bridgehead atoms. The van der Waals surface area contributed by atoms with Crippen LogP contribution in [0.25, 0.3) is 0 Å². The Hall–Kier alpha value is -1.89. The Bertz CT molecular complexity index is 808. The van der Waals surface area contributed by atoms with Crippen LogP contribution >= 0.6 is 27.5 Å². The van der Waals surface area contributed by atoms with Crippen LogP contribution < -0.4 is 16.0 Å². The fourth-order valence-electron chi connectivity index (χ4n) is 3.03. The number of amides is 2. The third kappa shape index (κ3) is 6.06. The Morgan fingerprint density at radius 2 is 1.61 bits per heavy atom. The van der Waals surface area contributed by atoms with Crippen molar-refractivity contribution in [2.75, 3.05) is 18.4 Å². The molecule has 0 saturated heterocycles. The highest BCUT2D eigenvalue weighted by Gasteiger charge is 2.28. The number of anilines is 1. The molecule has 2 amide bonds. The van der Waals surface area contributed by atoms with Gasteiger partial charge in [0.25, 0.3) is 0 Å². The van der Waals surface area contributed by atoms with E-state index in [1.807, 2.05) is 42.5 Å². The van der Waals surface area contributed by atoms with E-state index in [-0.39, 0.29) is 30.4 Å². The summed E-state index contributed by atoms with van der Waals surface area (Å²) in [6.07, 6.45) is 1.64. The molecule has 0 aliphatic carbocycles. The molecule has 150 valence electrons. The van der Waals surface area contributed by atoms with Gasteiger partial charge in [-0.1, -0.05) is 49.7 Å². The van der Waals surface area contributed by atoms with Crippen LogP contribution in [-0.4, -0.2) is 24.9 Å². The third-order valence-corrected chi connectivity index (χ3v) is 5.73. The summed E-state index contributed by atoms with van der Waals surface area (Å²) in [7, 11) is 0.